The summed E-state index contributed by atoms with van der Waals surface area (Å²) in [5.74, 6) is -3.34. The maximum atomic E-state index is 14.9. The fourth-order valence-electron chi connectivity index (χ4n) is 3.05. The SMILES string of the molecule is CCOC(=O)C1=CN(c2cc(F)cc(B(O)O)c2)c2cc(B(O)O)cc(F)c2S1(O)O. The molecule has 2 aromatic rings. The summed E-state index contributed by atoms with van der Waals surface area (Å²) in [6, 6.07) is 4.50. The minimum atomic E-state index is -4.24. The summed E-state index contributed by atoms with van der Waals surface area (Å²) in [5, 5.41) is 37.7. The Morgan fingerprint density at radius 3 is 2.23 bits per heavy atom. The van der Waals surface area contributed by atoms with Crippen molar-refractivity contribution in [3.8, 4) is 0 Å². The summed E-state index contributed by atoms with van der Waals surface area (Å²) in [6.07, 6.45) is 0.880. The second-order valence-corrected chi connectivity index (χ2v) is 8.42. The van der Waals surface area contributed by atoms with E-state index < -0.39 is 52.2 Å². The minimum absolute atomic E-state index is 0.127. The lowest BCUT2D eigenvalue weighted by Crippen LogP contribution is -2.34. The molecule has 0 bridgehead atoms. The van der Waals surface area contributed by atoms with Crippen molar-refractivity contribution < 1.29 is 47.5 Å². The lowest BCUT2D eigenvalue weighted by molar-refractivity contribution is -0.137. The zero-order chi connectivity index (χ0) is 23.1. The first-order valence-electron chi connectivity index (χ1n) is 8.80. The van der Waals surface area contributed by atoms with E-state index in [-0.39, 0.29) is 28.9 Å². The summed E-state index contributed by atoms with van der Waals surface area (Å²) in [7, 11) is -8.42. The second kappa shape index (κ2) is 8.59. The Morgan fingerprint density at radius 2 is 1.65 bits per heavy atom. The topological polar surface area (TPSA) is 151 Å². The predicted molar refractivity (Wildman–Crippen MR) is 110 cm³/mol. The first-order chi connectivity index (χ1) is 14.5. The molecular weight excluding hydrogens is 438 g/mol. The molecule has 3 rings (SSSR count). The van der Waals surface area contributed by atoms with Gasteiger partial charge in [-0.2, -0.15) is 0 Å². The molecule has 1 aliphatic heterocycles. The molecule has 1 aliphatic rings. The molecule has 6 N–H and O–H groups in total. The van der Waals surface area contributed by atoms with Crippen LogP contribution in [-0.4, -0.2) is 56.0 Å². The van der Waals surface area contributed by atoms with Gasteiger partial charge in [-0.05, 0) is 48.2 Å². The van der Waals surface area contributed by atoms with Crippen LogP contribution >= 0.6 is 10.6 Å². The van der Waals surface area contributed by atoms with Gasteiger partial charge in [0.15, 0.2) is 4.91 Å². The highest BCUT2D eigenvalue weighted by Crippen LogP contribution is 2.63. The average Bonchev–Trinajstić information content (AvgIpc) is 2.66. The molecule has 0 spiro atoms. The normalized spacial score (nSPS) is 15.6. The van der Waals surface area contributed by atoms with E-state index in [1.807, 2.05) is 0 Å². The molecule has 164 valence electrons. The number of fused-ring (bicyclic) bond motifs is 1. The smallest absolute Gasteiger partial charge is 0.461 e. The highest BCUT2D eigenvalue weighted by molar-refractivity contribution is 8.28. The molecule has 0 fully saturated rings. The Hall–Kier alpha value is -2.45. The third kappa shape index (κ3) is 4.32. The minimum Gasteiger partial charge on any atom is -0.461 e. The van der Waals surface area contributed by atoms with E-state index >= 15 is 0 Å². The highest BCUT2D eigenvalue weighted by atomic mass is 32.3. The van der Waals surface area contributed by atoms with E-state index in [0.29, 0.717) is 6.07 Å². The Labute approximate surface area is 177 Å². The number of hydrogen-bond donors (Lipinski definition) is 6. The number of carbonyl (C=O) groups is 1. The number of hydrogen-bond acceptors (Lipinski definition) is 9. The van der Waals surface area contributed by atoms with Gasteiger partial charge < -0.3 is 29.7 Å². The molecule has 2 aromatic carbocycles. The van der Waals surface area contributed by atoms with E-state index in [4.69, 9.17) is 4.74 Å². The molecule has 0 saturated heterocycles. The number of ether oxygens (including phenoxy) is 1. The molecule has 0 amide bonds. The number of rotatable bonds is 5. The molecule has 9 nitrogen and oxygen atoms in total. The van der Waals surface area contributed by atoms with Crippen LogP contribution in [0.2, 0.25) is 0 Å². The van der Waals surface area contributed by atoms with Crippen molar-refractivity contribution in [3.63, 3.8) is 0 Å². The van der Waals surface area contributed by atoms with Crippen LogP contribution in [0.15, 0.2) is 46.3 Å². The van der Waals surface area contributed by atoms with Gasteiger partial charge in [-0.1, -0.05) is 0 Å². The predicted octanol–water partition coefficient (Wildman–Crippen LogP) is -0.00990. The van der Waals surface area contributed by atoms with Gasteiger partial charge in [-0.25, -0.2) is 13.6 Å². The van der Waals surface area contributed by atoms with Crippen LogP contribution < -0.4 is 15.8 Å². The fraction of sp³-hybridized carbons (Fsp3) is 0.118. The van der Waals surface area contributed by atoms with E-state index in [9.17, 15) is 42.8 Å². The lowest BCUT2D eigenvalue weighted by atomic mass is 9.79. The van der Waals surface area contributed by atoms with Crippen LogP contribution in [0.4, 0.5) is 20.2 Å². The molecule has 0 radical (unpaired) electrons. The van der Waals surface area contributed by atoms with E-state index in [2.05, 4.69) is 0 Å². The van der Waals surface area contributed by atoms with Gasteiger partial charge in [0.25, 0.3) is 0 Å². The number of esters is 1. The summed E-state index contributed by atoms with van der Waals surface area (Å²) in [5.41, 5.74) is -1.12. The zero-order valence-corrected chi connectivity index (χ0v) is 16.8. The molecule has 0 atom stereocenters. The standard InChI is InChI=1S/C17H17B2F2NO8S/c1-2-30-17(23)15-8-22(12-4-9(18(24)25)3-11(20)7-12)14-6-10(19(26)27)5-13(21)16(14)31(15,28)29/h3-8,24-29H,2H2,1H3. The molecular formula is C17H17B2F2NO8S. The largest absolute Gasteiger partial charge is 0.488 e. The van der Waals surface area contributed by atoms with Crippen molar-refractivity contribution in [2.24, 2.45) is 0 Å². The monoisotopic (exact) mass is 455 g/mol. The van der Waals surface area contributed by atoms with Gasteiger partial charge in [0.1, 0.15) is 16.5 Å². The average molecular weight is 455 g/mol. The Morgan fingerprint density at radius 1 is 1.03 bits per heavy atom. The van der Waals surface area contributed by atoms with Crippen molar-refractivity contribution in [2.75, 3.05) is 11.5 Å². The van der Waals surface area contributed by atoms with Crippen LogP contribution in [0.1, 0.15) is 6.92 Å². The maximum absolute atomic E-state index is 14.9. The van der Waals surface area contributed by atoms with Gasteiger partial charge in [0, 0.05) is 11.9 Å². The van der Waals surface area contributed by atoms with Crippen molar-refractivity contribution in [1.29, 1.82) is 0 Å². The van der Waals surface area contributed by atoms with E-state index in [0.717, 1.165) is 35.4 Å². The van der Waals surface area contributed by atoms with Crippen LogP contribution in [0.5, 0.6) is 0 Å². The summed E-state index contributed by atoms with van der Waals surface area (Å²) >= 11 is 0. The van der Waals surface area contributed by atoms with Gasteiger partial charge >= 0.3 is 20.2 Å². The molecule has 14 heteroatoms. The molecule has 0 saturated carbocycles. The first-order valence-corrected chi connectivity index (χ1v) is 10.3. The van der Waals surface area contributed by atoms with Crippen molar-refractivity contribution in [2.45, 2.75) is 11.8 Å². The van der Waals surface area contributed by atoms with E-state index in [1.165, 1.54) is 6.92 Å². The molecule has 1 heterocycles. The van der Waals surface area contributed by atoms with Gasteiger partial charge in [-0.3, -0.25) is 9.11 Å². The number of benzene rings is 2. The summed E-state index contributed by atoms with van der Waals surface area (Å²) in [6.45, 7) is 1.34. The molecule has 0 aromatic heterocycles. The third-order valence-corrected chi connectivity index (χ3v) is 6.26. The van der Waals surface area contributed by atoms with Crippen LogP contribution in [-0.2, 0) is 9.53 Å². The van der Waals surface area contributed by atoms with Crippen LogP contribution in [0.3, 0.4) is 0 Å². The Bertz CT molecular complexity index is 1070. The van der Waals surface area contributed by atoms with Crippen LogP contribution in [0.25, 0.3) is 0 Å². The summed E-state index contributed by atoms with van der Waals surface area (Å²) < 4.78 is 55.2. The molecule has 0 aliphatic carbocycles. The van der Waals surface area contributed by atoms with Crippen LogP contribution in [0, 0.1) is 11.6 Å². The quantitative estimate of drug-likeness (QED) is 0.270. The summed E-state index contributed by atoms with van der Waals surface area (Å²) in [4.78, 5) is 11.9. The van der Waals surface area contributed by atoms with Crippen molar-refractivity contribution in [1.82, 2.24) is 0 Å². The Kier molecular flexibility index (Phi) is 6.43. The lowest BCUT2D eigenvalue weighted by Gasteiger charge is -2.41. The number of nitrogens with zero attached hydrogens (tertiary/aromatic N) is 1. The van der Waals surface area contributed by atoms with Gasteiger partial charge in [0.2, 0.25) is 0 Å². The molecule has 31 heavy (non-hydrogen) atoms. The van der Waals surface area contributed by atoms with E-state index in [1.54, 1.807) is 0 Å². The van der Waals surface area contributed by atoms with Crippen molar-refractivity contribution in [3.05, 3.63) is 53.1 Å². The second-order valence-electron chi connectivity index (χ2n) is 6.47. The van der Waals surface area contributed by atoms with Gasteiger partial charge in [0.05, 0.1) is 12.3 Å². The number of anilines is 2. The maximum Gasteiger partial charge on any atom is 0.488 e. The third-order valence-electron chi connectivity index (χ3n) is 4.40. The molecule has 0 unspecified atom stereocenters. The zero-order valence-electron chi connectivity index (χ0n) is 15.9. The number of halogens is 2. The number of carbonyl (C=O) groups excluding carboxylic acids is 1. The fourth-order valence-corrected chi connectivity index (χ4v) is 4.59. The Balaban J connectivity index is 2.33. The first kappa shape index (κ1) is 23.2. The van der Waals surface area contributed by atoms with Crippen molar-refractivity contribution >= 4 is 53.1 Å². The van der Waals surface area contributed by atoms with Gasteiger partial charge in [-0.15, -0.1) is 10.6 Å². The highest BCUT2D eigenvalue weighted by Gasteiger charge is 2.40.